The first-order valence-electron chi connectivity index (χ1n) is 8.58. The molecular formula is C19H21NO5. The summed E-state index contributed by atoms with van der Waals surface area (Å²) in [7, 11) is 0. The van der Waals surface area contributed by atoms with E-state index in [4.69, 9.17) is 9.47 Å². The summed E-state index contributed by atoms with van der Waals surface area (Å²) < 4.78 is 10.6. The summed E-state index contributed by atoms with van der Waals surface area (Å²) in [6.07, 6.45) is 1.74. The van der Waals surface area contributed by atoms with E-state index in [1.54, 1.807) is 18.2 Å². The predicted molar refractivity (Wildman–Crippen MR) is 90.4 cm³/mol. The third-order valence-electron chi connectivity index (χ3n) is 5.65. The van der Waals surface area contributed by atoms with E-state index in [2.05, 4.69) is 5.32 Å². The molecule has 132 valence electrons. The number of rotatable bonds is 3. The Morgan fingerprint density at radius 1 is 1.08 bits per heavy atom. The van der Waals surface area contributed by atoms with Crippen molar-refractivity contribution in [3.8, 4) is 11.5 Å². The van der Waals surface area contributed by atoms with Crippen molar-refractivity contribution in [1.82, 2.24) is 0 Å². The second-order valence-corrected chi connectivity index (χ2v) is 7.19. The summed E-state index contributed by atoms with van der Waals surface area (Å²) in [6.45, 7) is 4.19. The molecule has 0 unspecified atom stereocenters. The first kappa shape index (κ1) is 16.0. The fraction of sp³-hybridized carbons (Fsp3) is 0.474. The molecule has 1 aromatic rings. The highest BCUT2D eigenvalue weighted by Gasteiger charge is 2.57. The van der Waals surface area contributed by atoms with Gasteiger partial charge in [0.15, 0.2) is 11.5 Å². The molecule has 25 heavy (non-hydrogen) atoms. The summed E-state index contributed by atoms with van der Waals surface area (Å²) in [6, 6.07) is 5.20. The van der Waals surface area contributed by atoms with Crippen molar-refractivity contribution in [1.29, 1.82) is 0 Å². The highest BCUT2D eigenvalue weighted by molar-refractivity contribution is 5.97. The number of fused-ring (bicyclic) bond motifs is 3. The molecule has 4 rings (SSSR count). The number of benzene rings is 1. The molecule has 2 bridgehead atoms. The number of carboxylic acids is 1. The number of anilines is 1. The first-order chi connectivity index (χ1) is 12.0. The highest BCUT2D eigenvalue weighted by Crippen LogP contribution is 2.57. The number of carbonyl (C=O) groups excluding carboxylic acids is 1. The van der Waals surface area contributed by atoms with Crippen LogP contribution in [-0.2, 0) is 9.59 Å². The maximum Gasteiger partial charge on any atom is 0.307 e. The number of aliphatic carboxylic acids is 1. The Morgan fingerprint density at radius 2 is 1.76 bits per heavy atom. The summed E-state index contributed by atoms with van der Waals surface area (Å²) in [5, 5.41) is 12.6. The van der Waals surface area contributed by atoms with Gasteiger partial charge in [-0.1, -0.05) is 11.1 Å². The molecule has 3 aliphatic rings. The van der Waals surface area contributed by atoms with Crippen LogP contribution in [-0.4, -0.2) is 23.8 Å². The van der Waals surface area contributed by atoms with Gasteiger partial charge in [0.2, 0.25) is 12.7 Å². The topological polar surface area (TPSA) is 84.9 Å². The van der Waals surface area contributed by atoms with Crippen molar-refractivity contribution in [2.75, 3.05) is 12.1 Å². The molecule has 2 N–H and O–H groups in total. The molecule has 1 amide bonds. The van der Waals surface area contributed by atoms with Gasteiger partial charge >= 0.3 is 5.97 Å². The van der Waals surface area contributed by atoms with Gasteiger partial charge in [-0.2, -0.15) is 0 Å². The van der Waals surface area contributed by atoms with E-state index in [9.17, 15) is 14.7 Å². The minimum Gasteiger partial charge on any atom is -0.481 e. The van der Waals surface area contributed by atoms with Gasteiger partial charge in [0.05, 0.1) is 11.8 Å². The van der Waals surface area contributed by atoms with E-state index in [-0.39, 0.29) is 24.5 Å². The van der Waals surface area contributed by atoms with Crippen LogP contribution in [0.4, 0.5) is 5.69 Å². The van der Waals surface area contributed by atoms with Gasteiger partial charge < -0.3 is 19.9 Å². The summed E-state index contributed by atoms with van der Waals surface area (Å²) >= 11 is 0. The molecule has 1 heterocycles. The van der Waals surface area contributed by atoms with Crippen LogP contribution in [0.15, 0.2) is 29.3 Å². The monoisotopic (exact) mass is 343 g/mol. The average Bonchev–Trinajstić information content (AvgIpc) is 3.26. The van der Waals surface area contributed by atoms with Crippen molar-refractivity contribution < 1.29 is 24.2 Å². The smallest absolute Gasteiger partial charge is 0.307 e. The van der Waals surface area contributed by atoms with Crippen LogP contribution in [0.2, 0.25) is 0 Å². The molecule has 0 spiro atoms. The number of carboxylic acid groups (broad SMARTS) is 1. The van der Waals surface area contributed by atoms with E-state index < -0.39 is 17.8 Å². The molecule has 0 saturated heterocycles. The Kier molecular flexibility index (Phi) is 3.71. The summed E-state index contributed by atoms with van der Waals surface area (Å²) in [4.78, 5) is 24.8. The van der Waals surface area contributed by atoms with Crippen LogP contribution in [0.1, 0.15) is 26.7 Å². The van der Waals surface area contributed by atoms with Crippen molar-refractivity contribution in [3.05, 3.63) is 29.3 Å². The van der Waals surface area contributed by atoms with Crippen LogP contribution in [0.3, 0.4) is 0 Å². The minimum atomic E-state index is -0.878. The van der Waals surface area contributed by atoms with E-state index >= 15 is 0 Å². The largest absolute Gasteiger partial charge is 0.481 e. The zero-order chi connectivity index (χ0) is 17.7. The molecule has 6 heteroatoms. The number of hydrogen-bond donors (Lipinski definition) is 2. The Hall–Kier alpha value is -2.50. The number of allylic oxidation sites excluding steroid dienone is 2. The maximum atomic E-state index is 12.9. The lowest BCUT2D eigenvalue weighted by molar-refractivity contribution is -0.148. The van der Waals surface area contributed by atoms with Gasteiger partial charge in [0.1, 0.15) is 0 Å². The predicted octanol–water partition coefficient (Wildman–Crippen LogP) is 3.05. The molecule has 0 aromatic heterocycles. The first-order valence-corrected chi connectivity index (χ1v) is 8.58. The van der Waals surface area contributed by atoms with Crippen molar-refractivity contribution >= 4 is 17.6 Å². The molecule has 0 radical (unpaired) electrons. The number of ether oxygens (including phenoxy) is 2. The SMILES string of the molecule is CC(C)=C1[C@H]2CC[C@@H]1[C@H](C(=O)O)[C@@H]2C(=O)Nc1ccc2c(c1)OCO2. The normalized spacial score (nSPS) is 29.0. The lowest BCUT2D eigenvalue weighted by Crippen LogP contribution is -2.37. The fourth-order valence-corrected chi connectivity index (χ4v) is 4.80. The van der Waals surface area contributed by atoms with Crippen LogP contribution < -0.4 is 14.8 Å². The number of nitrogens with one attached hydrogen (secondary N) is 1. The molecule has 1 aromatic carbocycles. The Bertz CT molecular complexity index is 780. The molecule has 2 saturated carbocycles. The van der Waals surface area contributed by atoms with Crippen LogP contribution in [0.5, 0.6) is 11.5 Å². The number of hydrogen-bond acceptors (Lipinski definition) is 4. The summed E-state index contributed by atoms with van der Waals surface area (Å²) in [5.41, 5.74) is 2.93. The molecule has 2 fully saturated rings. The van der Waals surface area contributed by atoms with Gasteiger partial charge in [-0.25, -0.2) is 0 Å². The number of carbonyl (C=O) groups is 2. The summed E-state index contributed by atoms with van der Waals surface area (Å²) in [5.74, 6) is -1.01. The van der Waals surface area contributed by atoms with E-state index in [1.807, 2.05) is 13.8 Å². The van der Waals surface area contributed by atoms with Crippen LogP contribution in [0, 0.1) is 23.7 Å². The molecule has 1 aliphatic heterocycles. The standard InChI is InChI=1S/C19H21NO5/c1-9(2)15-11-4-5-12(15)17(19(22)23)16(11)18(21)20-10-3-6-13-14(7-10)25-8-24-13/h3,6-7,11-12,16-17H,4-5,8H2,1-2H3,(H,20,21)(H,22,23)/t11-,12+,16-,17+/m1/s1. The fourth-order valence-electron chi connectivity index (χ4n) is 4.80. The molecule has 2 aliphatic carbocycles. The Balaban J connectivity index is 1.60. The molecule has 4 atom stereocenters. The third-order valence-corrected chi connectivity index (χ3v) is 5.65. The third kappa shape index (κ3) is 2.47. The van der Waals surface area contributed by atoms with E-state index in [0.717, 1.165) is 18.4 Å². The lowest BCUT2D eigenvalue weighted by atomic mass is 9.78. The average molecular weight is 343 g/mol. The molecular weight excluding hydrogens is 322 g/mol. The van der Waals surface area contributed by atoms with Crippen LogP contribution >= 0.6 is 0 Å². The number of amides is 1. The zero-order valence-electron chi connectivity index (χ0n) is 14.2. The van der Waals surface area contributed by atoms with Crippen LogP contribution in [0.25, 0.3) is 0 Å². The Morgan fingerprint density at radius 3 is 2.44 bits per heavy atom. The van der Waals surface area contributed by atoms with Gasteiger partial charge in [0, 0.05) is 11.8 Å². The minimum absolute atomic E-state index is 0.0139. The lowest BCUT2D eigenvalue weighted by Gasteiger charge is -2.26. The quantitative estimate of drug-likeness (QED) is 0.824. The van der Waals surface area contributed by atoms with Gasteiger partial charge in [-0.15, -0.1) is 0 Å². The van der Waals surface area contributed by atoms with Crippen molar-refractivity contribution in [2.24, 2.45) is 23.7 Å². The van der Waals surface area contributed by atoms with E-state index in [1.165, 1.54) is 5.57 Å². The zero-order valence-corrected chi connectivity index (χ0v) is 14.2. The highest BCUT2D eigenvalue weighted by atomic mass is 16.7. The van der Waals surface area contributed by atoms with Crippen molar-refractivity contribution in [3.63, 3.8) is 0 Å². The Labute approximate surface area is 145 Å². The van der Waals surface area contributed by atoms with Crippen molar-refractivity contribution in [2.45, 2.75) is 26.7 Å². The van der Waals surface area contributed by atoms with Gasteiger partial charge in [-0.3, -0.25) is 9.59 Å². The maximum absolute atomic E-state index is 12.9. The van der Waals surface area contributed by atoms with Gasteiger partial charge in [0.25, 0.3) is 0 Å². The molecule has 6 nitrogen and oxygen atoms in total. The second kappa shape index (κ2) is 5.79. The van der Waals surface area contributed by atoms with E-state index in [0.29, 0.717) is 17.2 Å². The second-order valence-electron chi connectivity index (χ2n) is 7.19. The van der Waals surface area contributed by atoms with Gasteiger partial charge in [-0.05, 0) is 50.7 Å².